The van der Waals surface area contributed by atoms with Crippen molar-refractivity contribution in [3.63, 3.8) is 0 Å². The molecule has 0 bridgehead atoms. The molecule has 6 nitrogen and oxygen atoms in total. The van der Waals surface area contributed by atoms with E-state index in [1.165, 1.54) is 44.2 Å². The average Bonchev–Trinajstić information content (AvgIpc) is 3.83. The predicted octanol–water partition coefficient (Wildman–Crippen LogP) is 6.77. The van der Waals surface area contributed by atoms with Gasteiger partial charge in [-0.1, -0.05) is 30.9 Å². The van der Waals surface area contributed by atoms with Crippen LogP contribution in [0.1, 0.15) is 69.4 Å². The van der Waals surface area contributed by atoms with Gasteiger partial charge in [0.05, 0.1) is 23.5 Å². The summed E-state index contributed by atoms with van der Waals surface area (Å²) in [4.78, 5) is 12.0. The first-order chi connectivity index (χ1) is 17.8. The Balaban J connectivity index is 0.000000138. The highest BCUT2D eigenvalue weighted by atomic mass is 35.5. The molecule has 2 unspecified atom stereocenters. The van der Waals surface area contributed by atoms with Crippen molar-refractivity contribution in [2.24, 2.45) is 11.8 Å². The summed E-state index contributed by atoms with van der Waals surface area (Å²) in [6.45, 7) is 2.09. The summed E-state index contributed by atoms with van der Waals surface area (Å²) >= 11 is 5.98. The van der Waals surface area contributed by atoms with Crippen LogP contribution in [0.15, 0.2) is 35.3 Å². The van der Waals surface area contributed by atoms with Crippen LogP contribution in [0.3, 0.4) is 0 Å². The Bertz CT molecular complexity index is 1060. The number of nitrogens with one attached hydrogen (secondary N) is 2. The highest BCUT2D eigenvalue weighted by Gasteiger charge is 2.39. The number of alkyl halides is 3. The molecule has 2 heterocycles. The van der Waals surface area contributed by atoms with Crippen molar-refractivity contribution in [3.8, 4) is 0 Å². The Kier molecular flexibility index (Phi) is 9.40. The van der Waals surface area contributed by atoms with E-state index < -0.39 is 11.7 Å². The van der Waals surface area contributed by atoms with Crippen LogP contribution in [0.4, 0.5) is 24.5 Å². The van der Waals surface area contributed by atoms with E-state index in [2.05, 4.69) is 15.7 Å². The molecular weight excluding hydrogens is 505 g/mol. The number of hydrogen-bond donors (Lipinski definition) is 2. The minimum atomic E-state index is -4.24. The summed E-state index contributed by atoms with van der Waals surface area (Å²) in [5.41, 5.74) is 0.582. The number of fused-ring (bicyclic) bond motifs is 1. The Labute approximate surface area is 220 Å². The van der Waals surface area contributed by atoms with Gasteiger partial charge in [-0.2, -0.15) is 18.3 Å². The van der Waals surface area contributed by atoms with E-state index in [0.717, 1.165) is 68.6 Å². The third kappa shape index (κ3) is 8.11. The molecule has 4 aliphatic rings. The number of ether oxygens (including phenoxy) is 1. The third-order valence-electron chi connectivity index (χ3n) is 7.33. The minimum absolute atomic E-state index is 0.180. The molecule has 3 aliphatic carbocycles. The second kappa shape index (κ2) is 12.5. The van der Waals surface area contributed by atoms with Crippen molar-refractivity contribution in [1.29, 1.82) is 0 Å². The molecule has 2 aromatic rings. The van der Waals surface area contributed by atoms with Crippen LogP contribution in [0, 0.1) is 11.8 Å². The molecule has 4 fully saturated rings. The van der Waals surface area contributed by atoms with Gasteiger partial charge in [0.1, 0.15) is 5.02 Å². The molecule has 204 valence electrons. The van der Waals surface area contributed by atoms with Crippen LogP contribution < -0.4 is 16.2 Å². The molecule has 37 heavy (non-hydrogen) atoms. The van der Waals surface area contributed by atoms with Gasteiger partial charge in [0.25, 0.3) is 5.56 Å². The van der Waals surface area contributed by atoms with E-state index in [4.69, 9.17) is 16.3 Å². The van der Waals surface area contributed by atoms with Crippen LogP contribution in [-0.2, 0) is 10.9 Å². The molecule has 6 rings (SSSR count). The largest absolute Gasteiger partial charge is 0.416 e. The minimum Gasteiger partial charge on any atom is -0.385 e. The highest BCUT2D eigenvalue weighted by molar-refractivity contribution is 6.32. The van der Waals surface area contributed by atoms with Crippen LogP contribution in [-0.4, -0.2) is 36.1 Å². The van der Waals surface area contributed by atoms with Crippen molar-refractivity contribution >= 4 is 23.0 Å². The summed E-state index contributed by atoms with van der Waals surface area (Å²) < 4.78 is 43.3. The van der Waals surface area contributed by atoms with Crippen molar-refractivity contribution in [3.05, 3.63) is 51.4 Å². The first-order valence-electron chi connectivity index (χ1n) is 13.2. The molecule has 0 spiro atoms. The van der Waals surface area contributed by atoms with E-state index in [1.807, 2.05) is 0 Å². The Morgan fingerprint density at radius 2 is 1.73 bits per heavy atom. The zero-order valence-electron chi connectivity index (χ0n) is 21.2. The molecule has 0 amide bonds. The molecule has 2 atom stereocenters. The van der Waals surface area contributed by atoms with Gasteiger partial charge in [0, 0.05) is 32.0 Å². The van der Waals surface area contributed by atoms with Gasteiger partial charge >= 0.3 is 6.18 Å². The number of aromatic nitrogens is 2. The van der Waals surface area contributed by atoms with Crippen molar-refractivity contribution < 1.29 is 17.9 Å². The summed E-state index contributed by atoms with van der Waals surface area (Å²) in [6, 6.07) is 5.84. The SMILES string of the molecule is C1CC2CC2CO1.CNc1cnn(C2CCCCC2)c(=O)c1Cl.FC(F)(F)c1ccc(NC2CC2)cc1. The van der Waals surface area contributed by atoms with E-state index in [1.54, 1.807) is 17.9 Å². The predicted molar refractivity (Wildman–Crippen MR) is 140 cm³/mol. The van der Waals surface area contributed by atoms with Gasteiger partial charge in [-0.15, -0.1) is 0 Å². The number of hydrogen-bond acceptors (Lipinski definition) is 5. The van der Waals surface area contributed by atoms with E-state index in [0.29, 0.717) is 11.7 Å². The smallest absolute Gasteiger partial charge is 0.385 e. The van der Waals surface area contributed by atoms with Gasteiger partial charge in [0.15, 0.2) is 0 Å². The van der Waals surface area contributed by atoms with Crippen LogP contribution >= 0.6 is 11.6 Å². The van der Waals surface area contributed by atoms with Crippen molar-refractivity contribution in [2.45, 2.75) is 76.0 Å². The highest BCUT2D eigenvalue weighted by Crippen LogP contribution is 2.43. The van der Waals surface area contributed by atoms with Crippen LogP contribution in [0.5, 0.6) is 0 Å². The van der Waals surface area contributed by atoms with Gasteiger partial charge in [-0.25, -0.2) is 4.68 Å². The zero-order valence-corrected chi connectivity index (χ0v) is 22.0. The summed E-state index contributed by atoms with van der Waals surface area (Å²) in [7, 11) is 1.73. The van der Waals surface area contributed by atoms with E-state index in [-0.39, 0.29) is 16.6 Å². The van der Waals surface area contributed by atoms with Crippen molar-refractivity contribution in [2.75, 3.05) is 30.9 Å². The molecule has 1 aromatic heterocycles. The lowest BCUT2D eigenvalue weighted by Gasteiger charge is -2.22. The number of benzene rings is 1. The molecule has 3 saturated carbocycles. The standard InChI is InChI=1S/C11H16ClN3O.C10H10F3N.C6H10O/c1-13-9-7-14-15(11(16)10(9)12)8-5-3-2-4-6-8;11-10(12,13)7-1-3-8(4-2-7)14-9-5-6-9;1-2-7-4-6-3-5(1)6/h7-8,13H,2-6H2,1H3;1-4,9,14H,5-6H2;5-6H,1-4H2. The Hall–Kier alpha value is -2.26. The lowest BCUT2D eigenvalue weighted by molar-refractivity contribution is -0.137. The van der Waals surface area contributed by atoms with Gasteiger partial charge in [-0.05, 0) is 74.6 Å². The van der Waals surface area contributed by atoms with Crippen LogP contribution in [0.2, 0.25) is 5.02 Å². The molecule has 0 radical (unpaired) electrons. The molecule has 1 saturated heterocycles. The third-order valence-corrected chi connectivity index (χ3v) is 7.69. The first kappa shape index (κ1) is 27.8. The molecule has 1 aliphatic heterocycles. The van der Waals surface area contributed by atoms with E-state index >= 15 is 0 Å². The summed E-state index contributed by atoms with van der Waals surface area (Å²) in [6.07, 6.45) is 8.06. The fourth-order valence-corrected chi connectivity index (χ4v) is 4.99. The fourth-order valence-electron chi connectivity index (χ4n) is 4.76. The number of nitrogens with zero attached hydrogens (tertiary/aromatic N) is 2. The normalized spacial score (nSPS) is 22.9. The topological polar surface area (TPSA) is 68.2 Å². The quantitative estimate of drug-likeness (QED) is 0.448. The van der Waals surface area contributed by atoms with Gasteiger partial charge < -0.3 is 15.4 Å². The second-order valence-corrected chi connectivity index (χ2v) is 10.7. The Morgan fingerprint density at radius 1 is 1.03 bits per heavy atom. The molecule has 1 aromatic carbocycles. The molecule has 2 N–H and O–H groups in total. The van der Waals surface area contributed by atoms with Crippen LogP contribution in [0.25, 0.3) is 0 Å². The first-order valence-corrected chi connectivity index (χ1v) is 13.6. The van der Waals surface area contributed by atoms with E-state index in [9.17, 15) is 18.0 Å². The number of anilines is 2. The number of rotatable bonds is 4. The average molecular weight is 541 g/mol. The van der Waals surface area contributed by atoms with Crippen molar-refractivity contribution in [1.82, 2.24) is 9.78 Å². The summed E-state index contributed by atoms with van der Waals surface area (Å²) in [5, 5.41) is 10.4. The fraction of sp³-hybridized carbons (Fsp3) is 0.630. The molecular formula is C27H36ClF3N4O2. The monoisotopic (exact) mass is 540 g/mol. The van der Waals surface area contributed by atoms with Gasteiger partial charge in [-0.3, -0.25) is 4.79 Å². The Morgan fingerprint density at radius 3 is 2.27 bits per heavy atom. The summed E-state index contributed by atoms with van der Waals surface area (Å²) in [5.74, 6) is 2.06. The lowest BCUT2D eigenvalue weighted by Crippen LogP contribution is -2.29. The maximum absolute atomic E-state index is 12.2. The maximum Gasteiger partial charge on any atom is 0.416 e. The number of halogens is 4. The zero-order chi connectivity index (χ0) is 26.4. The maximum atomic E-state index is 12.2. The van der Waals surface area contributed by atoms with Gasteiger partial charge in [0.2, 0.25) is 0 Å². The lowest BCUT2D eigenvalue weighted by atomic mass is 9.96. The molecule has 10 heteroatoms. The second-order valence-electron chi connectivity index (χ2n) is 10.3.